The minimum atomic E-state index is -0.494. The maximum absolute atomic E-state index is 12.7. The molecule has 0 saturated carbocycles. The summed E-state index contributed by atoms with van der Waals surface area (Å²) in [6.45, 7) is 3.86. The highest BCUT2D eigenvalue weighted by Gasteiger charge is 2.24. The molecule has 9 heteroatoms. The van der Waals surface area contributed by atoms with Gasteiger partial charge < -0.3 is 19.9 Å². The first kappa shape index (κ1) is 21.3. The molecule has 0 radical (unpaired) electrons. The van der Waals surface area contributed by atoms with E-state index in [0.717, 1.165) is 5.56 Å². The second-order valence-electron chi connectivity index (χ2n) is 7.14. The molecule has 3 rings (SSSR count). The van der Waals surface area contributed by atoms with Gasteiger partial charge in [0, 0.05) is 37.5 Å². The van der Waals surface area contributed by atoms with E-state index in [1.165, 1.54) is 18.0 Å². The lowest BCUT2D eigenvalue weighted by Crippen LogP contribution is -2.37. The molecular formula is C21H24N4O5. The molecule has 2 aromatic carbocycles. The van der Waals surface area contributed by atoms with E-state index in [0.29, 0.717) is 37.7 Å². The molecule has 0 aliphatic carbocycles. The minimum Gasteiger partial charge on any atom is -0.378 e. The molecular weight excluding hydrogens is 388 g/mol. The van der Waals surface area contributed by atoms with Gasteiger partial charge in [0.1, 0.15) is 5.69 Å². The van der Waals surface area contributed by atoms with E-state index in [1.54, 1.807) is 24.3 Å². The number of anilines is 2. The third-order valence-electron chi connectivity index (χ3n) is 4.83. The van der Waals surface area contributed by atoms with Crippen LogP contribution in [0.3, 0.4) is 0 Å². The number of carbonyl (C=O) groups is 2. The predicted octanol–water partition coefficient (Wildman–Crippen LogP) is 2.45. The van der Waals surface area contributed by atoms with Crippen molar-refractivity contribution in [3.8, 4) is 0 Å². The highest BCUT2D eigenvalue weighted by Crippen LogP contribution is 2.30. The van der Waals surface area contributed by atoms with Crippen LogP contribution in [0.15, 0.2) is 42.5 Å². The third-order valence-corrected chi connectivity index (χ3v) is 4.83. The van der Waals surface area contributed by atoms with Crippen LogP contribution in [-0.4, -0.2) is 61.5 Å². The van der Waals surface area contributed by atoms with E-state index >= 15 is 0 Å². The summed E-state index contributed by atoms with van der Waals surface area (Å²) >= 11 is 0. The van der Waals surface area contributed by atoms with E-state index in [9.17, 15) is 19.7 Å². The van der Waals surface area contributed by atoms with E-state index in [-0.39, 0.29) is 23.7 Å². The first-order valence-electron chi connectivity index (χ1n) is 9.58. The molecule has 30 heavy (non-hydrogen) atoms. The van der Waals surface area contributed by atoms with Gasteiger partial charge in [0.2, 0.25) is 5.91 Å². The lowest BCUT2D eigenvalue weighted by Gasteiger charge is -2.28. The number of nitro benzene ring substituents is 1. The van der Waals surface area contributed by atoms with Crippen molar-refractivity contribution in [3.63, 3.8) is 0 Å². The van der Waals surface area contributed by atoms with Crippen molar-refractivity contribution in [1.82, 2.24) is 4.90 Å². The molecule has 1 aliphatic rings. The number of nitrogens with one attached hydrogen (secondary N) is 1. The number of rotatable bonds is 6. The van der Waals surface area contributed by atoms with Gasteiger partial charge in [0.05, 0.1) is 24.7 Å². The van der Waals surface area contributed by atoms with Crippen molar-refractivity contribution in [1.29, 1.82) is 0 Å². The van der Waals surface area contributed by atoms with Crippen molar-refractivity contribution < 1.29 is 19.2 Å². The smallest absolute Gasteiger partial charge is 0.293 e. The van der Waals surface area contributed by atoms with Gasteiger partial charge in [0.25, 0.3) is 11.6 Å². The van der Waals surface area contributed by atoms with Gasteiger partial charge in [-0.2, -0.15) is 0 Å². The number of morpholine rings is 1. The average molecular weight is 412 g/mol. The Bertz CT molecular complexity index is 939. The summed E-state index contributed by atoms with van der Waals surface area (Å²) in [7, 11) is 1.48. The second kappa shape index (κ2) is 9.36. The van der Waals surface area contributed by atoms with Crippen molar-refractivity contribution in [3.05, 3.63) is 63.7 Å². The molecule has 0 spiro atoms. The molecule has 1 fully saturated rings. The topological polar surface area (TPSA) is 105 Å². The molecule has 158 valence electrons. The Balaban J connectivity index is 1.70. The first-order valence-corrected chi connectivity index (χ1v) is 9.58. The summed E-state index contributed by atoms with van der Waals surface area (Å²) < 4.78 is 5.29. The summed E-state index contributed by atoms with van der Waals surface area (Å²) in [4.78, 5) is 39.2. The molecule has 1 aliphatic heterocycles. The lowest BCUT2D eigenvalue weighted by molar-refractivity contribution is -0.384. The van der Waals surface area contributed by atoms with Crippen LogP contribution in [0.2, 0.25) is 0 Å². The van der Waals surface area contributed by atoms with Gasteiger partial charge in [-0.15, -0.1) is 0 Å². The van der Waals surface area contributed by atoms with E-state index in [1.807, 2.05) is 24.0 Å². The Morgan fingerprint density at radius 1 is 1.17 bits per heavy atom. The minimum absolute atomic E-state index is 0.139. The van der Waals surface area contributed by atoms with Crippen molar-refractivity contribution >= 4 is 28.9 Å². The van der Waals surface area contributed by atoms with Gasteiger partial charge in [-0.1, -0.05) is 17.7 Å². The monoisotopic (exact) mass is 412 g/mol. The quantitative estimate of drug-likeness (QED) is 0.577. The highest BCUT2D eigenvalue weighted by molar-refractivity contribution is 6.00. The van der Waals surface area contributed by atoms with Gasteiger partial charge in [-0.05, 0) is 31.2 Å². The molecule has 9 nitrogen and oxygen atoms in total. The molecule has 0 bridgehead atoms. The fourth-order valence-electron chi connectivity index (χ4n) is 3.22. The summed E-state index contributed by atoms with van der Waals surface area (Å²) in [5.41, 5.74) is 2.18. The zero-order valence-corrected chi connectivity index (χ0v) is 17.0. The number of likely N-dealkylation sites (N-methyl/N-ethyl adjacent to an activating group) is 1. The number of hydrogen-bond donors (Lipinski definition) is 1. The van der Waals surface area contributed by atoms with E-state index in [4.69, 9.17) is 4.74 Å². The molecule has 2 amide bonds. The van der Waals surface area contributed by atoms with Crippen LogP contribution < -0.4 is 10.2 Å². The summed E-state index contributed by atoms with van der Waals surface area (Å²) in [5, 5.41) is 14.3. The molecule has 0 unspecified atom stereocenters. The summed E-state index contributed by atoms with van der Waals surface area (Å²) in [6.07, 6.45) is 0. The summed E-state index contributed by atoms with van der Waals surface area (Å²) in [6, 6.07) is 11.7. The Morgan fingerprint density at radius 3 is 2.47 bits per heavy atom. The third kappa shape index (κ3) is 5.12. The molecule has 0 atom stereocenters. The van der Waals surface area contributed by atoms with Gasteiger partial charge in [0.15, 0.2) is 0 Å². The van der Waals surface area contributed by atoms with E-state index < -0.39 is 10.8 Å². The molecule has 0 aromatic heterocycles. The maximum atomic E-state index is 12.7. The lowest BCUT2D eigenvalue weighted by atomic mass is 10.1. The number of amides is 2. The first-order chi connectivity index (χ1) is 14.3. The van der Waals surface area contributed by atoms with Crippen LogP contribution in [0.5, 0.6) is 0 Å². The fraction of sp³-hybridized carbons (Fsp3) is 0.333. The number of nitrogens with zero attached hydrogens (tertiary/aromatic N) is 3. The Hall–Kier alpha value is -3.46. The van der Waals surface area contributed by atoms with Crippen LogP contribution in [0.25, 0.3) is 0 Å². The van der Waals surface area contributed by atoms with Crippen molar-refractivity contribution in [2.75, 3.05) is 50.1 Å². The number of ether oxygens (including phenoxy) is 1. The second-order valence-corrected chi connectivity index (χ2v) is 7.14. The summed E-state index contributed by atoms with van der Waals surface area (Å²) in [5.74, 6) is -0.820. The molecule has 1 heterocycles. The Morgan fingerprint density at radius 2 is 1.83 bits per heavy atom. The number of nitro groups is 1. The average Bonchev–Trinajstić information content (AvgIpc) is 2.75. The van der Waals surface area contributed by atoms with Gasteiger partial charge in [-0.25, -0.2) is 0 Å². The Kier molecular flexibility index (Phi) is 6.63. The number of benzene rings is 2. The van der Waals surface area contributed by atoms with Gasteiger partial charge in [-0.3, -0.25) is 19.7 Å². The van der Waals surface area contributed by atoms with Crippen LogP contribution in [0, 0.1) is 17.0 Å². The van der Waals surface area contributed by atoms with Gasteiger partial charge >= 0.3 is 0 Å². The highest BCUT2D eigenvalue weighted by atomic mass is 16.6. The van der Waals surface area contributed by atoms with Crippen LogP contribution >= 0.6 is 0 Å². The zero-order valence-electron chi connectivity index (χ0n) is 17.0. The normalized spacial score (nSPS) is 13.6. The number of hydrogen-bond acceptors (Lipinski definition) is 6. The zero-order chi connectivity index (χ0) is 21.7. The SMILES string of the molecule is Cc1ccc(NC(=O)CN(C)C(=O)c2ccc(N3CCOCC3)c([N+](=O)[O-])c2)cc1. The number of aryl methyl sites for hydroxylation is 1. The van der Waals surface area contributed by atoms with Crippen LogP contribution in [0.1, 0.15) is 15.9 Å². The molecule has 2 aromatic rings. The maximum Gasteiger partial charge on any atom is 0.293 e. The standard InChI is InChI=1S/C21H24N4O5/c1-15-3-6-17(7-4-15)22-20(26)14-23(2)21(27)16-5-8-18(19(13-16)25(28)29)24-9-11-30-12-10-24/h3-8,13H,9-12,14H2,1-2H3,(H,22,26). The number of carbonyl (C=O) groups excluding carboxylic acids is 2. The fourth-order valence-corrected chi connectivity index (χ4v) is 3.22. The predicted molar refractivity (Wildman–Crippen MR) is 113 cm³/mol. The van der Waals surface area contributed by atoms with Crippen molar-refractivity contribution in [2.45, 2.75) is 6.92 Å². The van der Waals surface area contributed by atoms with Crippen LogP contribution in [0.4, 0.5) is 17.1 Å². The van der Waals surface area contributed by atoms with Crippen molar-refractivity contribution in [2.24, 2.45) is 0 Å². The largest absolute Gasteiger partial charge is 0.378 e. The molecule has 1 saturated heterocycles. The Labute approximate surface area is 174 Å². The molecule has 1 N–H and O–H groups in total. The van der Waals surface area contributed by atoms with Crippen LogP contribution in [-0.2, 0) is 9.53 Å². The van der Waals surface area contributed by atoms with E-state index in [2.05, 4.69) is 5.32 Å².